The second-order valence-corrected chi connectivity index (χ2v) is 5.28. The van der Waals surface area contributed by atoms with Crippen LogP contribution >= 0.6 is 15.9 Å². The lowest BCUT2D eigenvalue weighted by Crippen LogP contribution is -1.98. The normalized spacial score (nSPS) is 17.8. The lowest BCUT2D eigenvalue weighted by molar-refractivity contribution is 0.919. The topological polar surface area (TPSA) is 0 Å². The van der Waals surface area contributed by atoms with Gasteiger partial charge in [0, 0.05) is 10.4 Å². The first-order valence-corrected chi connectivity index (χ1v) is 6.62. The second-order valence-electron chi connectivity index (χ2n) is 4.43. The van der Waals surface area contributed by atoms with Crippen LogP contribution in [0.2, 0.25) is 0 Å². The average Bonchev–Trinajstić information content (AvgIpc) is 2.48. The molecule has 0 N–H and O–H groups in total. The molecule has 1 heteroatoms. The summed E-state index contributed by atoms with van der Waals surface area (Å²) < 4.78 is 1.17. The number of hydrogen-bond acceptors (Lipinski definition) is 0. The summed E-state index contributed by atoms with van der Waals surface area (Å²) in [5.41, 5.74) is 5.40. The molecule has 0 aliphatic heterocycles. The van der Waals surface area contributed by atoms with E-state index in [9.17, 15) is 0 Å². The third kappa shape index (κ3) is 1.75. The molecule has 0 nitrogen and oxygen atoms in total. The highest BCUT2D eigenvalue weighted by molar-refractivity contribution is 9.15. The summed E-state index contributed by atoms with van der Waals surface area (Å²) in [5.74, 6) is 0.439. The van der Waals surface area contributed by atoms with Gasteiger partial charge < -0.3 is 0 Å². The van der Waals surface area contributed by atoms with Crippen molar-refractivity contribution in [3.05, 3.63) is 70.8 Å². The van der Waals surface area contributed by atoms with Crippen molar-refractivity contribution >= 4 is 26.5 Å². The number of fused-ring (bicyclic) bond motifs is 2. The Morgan fingerprint density at radius 2 is 1.53 bits per heavy atom. The van der Waals surface area contributed by atoms with E-state index in [0.29, 0.717) is 5.92 Å². The Labute approximate surface area is 110 Å². The lowest BCUT2D eigenvalue weighted by Gasteiger charge is -2.15. The van der Waals surface area contributed by atoms with Crippen LogP contribution in [0.25, 0.3) is 10.6 Å². The molecule has 1 aliphatic carbocycles. The smallest absolute Gasteiger partial charge is 0.0256 e. The van der Waals surface area contributed by atoms with Gasteiger partial charge in [0.05, 0.1) is 0 Å². The fourth-order valence-corrected chi connectivity index (χ4v) is 3.12. The second kappa shape index (κ2) is 4.15. The molecule has 17 heavy (non-hydrogen) atoms. The number of rotatable bonds is 0. The van der Waals surface area contributed by atoms with E-state index in [0.717, 1.165) is 0 Å². The van der Waals surface area contributed by atoms with E-state index in [1.807, 2.05) is 0 Å². The zero-order valence-corrected chi connectivity index (χ0v) is 11.2. The van der Waals surface area contributed by atoms with E-state index >= 15 is 0 Å². The van der Waals surface area contributed by atoms with Gasteiger partial charge in [0.2, 0.25) is 0 Å². The molecule has 0 heterocycles. The monoisotopic (exact) mass is 284 g/mol. The summed E-state index contributed by atoms with van der Waals surface area (Å²) in [6.07, 6.45) is 2.22. The third-order valence-corrected chi connectivity index (χ3v) is 4.09. The molecule has 1 unspecified atom stereocenters. The van der Waals surface area contributed by atoms with Gasteiger partial charge in [-0.3, -0.25) is 0 Å². The molecule has 0 spiro atoms. The Hall–Kier alpha value is -1.34. The van der Waals surface area contributed by atoms with Crippen molar-refractivity contribution in [1.82, 2.24) is 0 Å². The van der Waals surface area contributed by atoms with Crippen LogP contribution in [-0.4, -0.2) is 0 Å². The fraction of sp³-hybridized carbons (Fsp3) is 0.125. The number of hydrogen-bond donors (Lipinski definition) is 0. The van der Waals surface area contributed by atoms with Crippen LogP contribution in [0, 0.1) is 0 Å². The van der Waals surface area contributed by atoms with Gasteiger partial charge in [0.25, 0.3) is 0 Å². The molecular formula is C16H13Br. The van der Waals surface area contributed by atoms with Gasteiger partial charge in [-0.15, -0.1) is 0 Å². The summed E-state index contributed by atoms with van der Waals surface area (Å²) in [6, 6.07) is 17.2. The van der Waals surface area contributed by atoms with Crippen molar-refractivity contribution in [2.45, 2.75) is 12.8 Å². The lowest BCUT2D eigenvalue weighted by atomic mass is 9.89. The number of halogens is 1. The van der Waals surface area contributed by atoms with Crippen molar-refractivity contribution in [3.63, 3.8) is 0 Å². The van der Waals surface area contributed by atoms with Crippen molar-refractivity contribution in [2.75, 3.05) is 0 Å². The van der Waals surface area contributed by atoms with E-state index in [2.05, 4.69) is 77.5 Å². The minimum atomic E-state index is 0.439. The highest BCUT2D eigenvalue weighted by atomic mass is 79.9. The molecule has 0 bridgehead atoms. The van der Waals surface area contributed by atoms with Gasteiger partial charge in [0.1, 0.15) is 0 Å². The van der Waals surface area contributed by atoms with E-state index < -0.39 is 0 Å². The van der Waals surface area contributed by atoms with Crippen LogP contribution in [-0.2, 0) is 0 Å². The maximum Gasteiger partial charge on any atom is 0.0256 e. The average molecular weight is 285 g/mol. The zero-order chi connectivity index (χ0) is 11.8. The maximum absolute atomic E-state index is 3.70. The van der Waals surface area contributed by atoms with Crippen LogP contribution in [0.5, 0.6) is 0 Å². The van der Waals surface area contributed by atoms with Crippen LogP contribution in [0.4, 0.5) is 0 Å². The van der Waals surface area contributed by atoms with E-state index in [1.54, 1.807) is 0 Å². The molecule has 0 amide bonds. The Kier molecular flexibility index (Phi) is 2.64. The molecule has 84 valence electrons. The largest absolute Gasteiger partial charge is 0.0619 e. The molecule has 2 aromatic carbocycles. The first-order chi connectivity index (χ1) is 8.27. The Morgan fingerprint density at radius 3 is 2.35 bits per heavy atom. The predicted molar refractivity (Wildman–Crippen MR) is 77.2 cm³/mol. The van der Waals surface area contributed by atoms with Gasteiger partial charge in [0.15, 0.2) is 0 Å². The Bertz CT molecular complexity index is 596. The molecule has 2 aromatic rings. The van der Waals surface area contributed by atoms with Crippen LogP contribution in [0.3, 0.4) is 0 Å². The fourth-order valence-electron chi connectivity index (χ4n) is 2.51. The highest BCUT2D eigenvalue weighted by Crippen LogP contribution is 2.39. The molecular weight excluding hydrogens is 272 g/mol. The molecule has 1 aliphatic rings. The minimum absolute atomic E-state index is 0.439. The van der Waals surface area contributed by atoms with Crippen molar-refractivity contribution in [1.29, 1.82) is 0 Å². The SMILES string of the molecule is CC1c2ccccc2C=C(Br)c2ccccc21. The van der Waals surface area contributed by atoms with Gasteiger partial charge in [-0.2, -0.15) is 0 Å². The van der Waals surface area contributed by atoms with Gasteiger partial charge >= 0.3 is 0 Å². The van der Waals surface area contributed by atoms with Crippen molar-refractivity contribution < 1.29 is 0 Å². The molecule has 0 saturated heterocycles. The Morgan fingerprint density at radius 1 is 0.882 bits per heavy atom. The minimum Gasteiger partial charge on any atom is -0.0619 e. The highest BCUT2D eigenvalue weighted by Gasteiger charge is 2.19. The molecule has 0 fully saturated rings. The number of benzene rings is 2. The van der Waals surface area contributed by atoms with Crippen molar-refractivity contribution in [2.24, 2.45) is 0 Å². The molecule has 0 radical (unpaired) electrons. The van der Waals surface area contributed by atoms with Crippen LogP contribution < -0.4 is 0 Å². The predicted octanol–water partition coefficient (Wildman–Crippen LogP) is 5.04. The maximum atomic E-state index is 3.70. The summed E-state index contributed by atoms with van der Waals surface area (Å²) in [6.45, 7) is 2.27. The molecule has 0 aromatic heterocycles. The van der Waals surface area contributed by atoms with E-state index in [1.165, 1.54) is 26.7 Å². The quantitative estimate of drug-likeness (QED) is 0.635. The molecule has 0 saturated carbocycles. The zero-order valence-electron chi connectivity index (χ0n) is 9.65. The summed E-state index contributed by atoms with van der Waals surface area (Å²) in [5, 5.41) is 0. The molecule has 1 atom stereocenters. The summed E-state index contributed by atoms with van der Waals surface area (Å²) >= 11 is 3.70. The summed E-state index contributed by atoms with van der Waals surface area (Å²) in [7, 11) is 0. The first-order valence-electron chi connectivity index (χ1n) is 5.83. The van der Waals surface area contributed by atoms with Gasteiger partial charge in [-0.25, -0.2) is 0 Å². The molecule has 3 rings (SSSR count). The van der Waals surface area contributed by atoms with Gasteiger partial charge in [-0.05, 0) is 28.3 Å². The van der Waals surface area contributed by atoms with Crippen molar-refractivity contribution in [3.8, 4) is 0 Å². The third-order valence-electron chi connectivity index (χ3n) is 3.43. The van der Waals surface area contributed by atoms with E-state index in [-0.39, 0.29) is 0 Å². The van der Waals surface area contributed by atoms with Gasteiger partial charge in [-0.1, -0.05) is 71.4 Å². The standard InChI is InChI=1S/C16H13Br/c1-11-13-7-3-2-6-12(13)10-16(17)15-9-5-4-8-14(11)15/h2-11H,1H3. The Balaban J connectivity index is 2.32. The summed E-state index contributed by atoms with van der Waals surface area (Å²) in [4.78, 5) is 0. The van der Waals surface area contributed by atoms with E-state index in [4.69, 9.17) is 0 Å². The van der Waals surface area contributed by atoms with Crippen LogP contribution in [0.15, 0.2) is 48.5 Å². The van der Waals surface area contributed by atoms with Crippen LogP contribution in [0.1, 0.15) is 35.1 Å². The first kappa shape index (κ1) is 10.8.